The summed E-state index contributed by atoms with van der Waals surface area (Å²) < 4.78 is 5.80. The van der Waals surface area contributed by atoms with Crippen molar-refractivity contribution >= 4 is 23.0 Å². The first-order valence-electron chi connectivity index (χ1n) is 7.68. The van der Waals surface area contributed by atoms with E-state index in [1.54, 1.807) is 0 Å². The lowest BCUT2D eigenvalue weighted by Gasteiger charge is -2.19. The molecule has 2 aromatic rings. The van der Waals surface area contributed by atoms with Crippen LogP contribution in [0.25, 0.3) is 0 Å². The van der Waals surface area contributed by atoms with E-state index >= 15 is 0 Å². The number of hydrogen-bond acceptors (Lipinski definition) is 3. The first-order valence-corrected chi connectivity index (χ1v) is 8.09. The van der Waals surface area contributed by atoms with Gasteiger partial charge in [-0.2, -0.15) is 0 Å². The van der Waals surface area contributed by atoms with E-state index in [-0.39, 0.29) is 0 Å². The van der Waals surface area contributed by atoms with Crippen LogP contribution in [0.5, 0.6) is 5.88 Å². The molecule has 1 heterocycles. The maximum absolute atomic E-state index is 5.80. The lowest BCUT2D eigenvalue weighted by Crippen LogP contribution is -2.31. The summed E-state index contributed by atoms with van der Waals surface area (Å²) >= 11 is 5.34. The minimum absolute atomic E-state index is 0.517. The van der Waals surface area contributed by atoms with Crippen LogP contribution in [0.3, 0.4) is 0 Å². The third kappa shape index (κ3) is 4.66. The first kappa shape index (κ1) is 17.2. The van der Waals surface area contributed by atoms with Gasteiger partial charge in [-0.1, -0.05) is 24.3 Å². The molecule has 0 saturated heterocycles. The molecule has 2 rings (SSSR count). The number of hydrogen-bond donors (Lipinski definition) is 1. The maximum Gasteiger partial charge on any atom is 0.213 e. The Hall–Kier alpha value is -2.14. The predicted molar refractivity (Wildman–Crippen MR) is 99.0 cm³/mol. The van der Waals surface area contributed by atoms with Crippen molar-refractivity contribution in [2.45, 2.75) is 27.4 Å². The van der Waals surface area contributed by atoms with Crippen LogP contribution in [0.15, 0.2) is 36.4 Å². The average molecular weight is 329 g/mol. The molecular formula is C18H23N3OS. The van der Waals surface area contributed by atoms with Gasteiger partial charge in [0.05, 0.1) is 11.4 Å². The second-order valence-electron chi connectivity index (χ2n) is 5.44. The molecule has 122 valence electrons. The van der Waals surface area contributed by atoms with E-state index in [1.165, 1.54) is 11.1 Å². The van der Waals surface area contributed by atoms with E-state index in [2.05, 4.69) is 36.3 Å². The summed E-state index contributed by atoms with van der Waals surface area (Å²) in [4.78, 5) is 6.46. The van der Waals surface area contributed by atoms with Gasteiger partial charge in [0.25, 0.3) is 0 Å². The van der Waals surface area contributed by atoms with Crippen LogP contribution in [0.2, 0.25) is 0 Å². The van der Waals surface area contributed by atoms with E-state index in [9.17, 15) is 0 Å². The molecule has 0 saturated carbocycles. The van der Waals surface area contributed by atoms with Gasteiger partial charge in [0.2, 0.25) is 5.88 Å². The number of aromatic nitrogens is 1. The molecule has 0 fully saturated rings. The van der Waals surface area contributed by atoms with Crippen LogP contribution in [-0.2, 0) is 6.61 Å². The SMILES string of the molecule is CCN(C)C(=S)Nc1ccc(OCc2ccccc2C)nc1C. The Morgan fingerprint density at radius 2 is 1.96 bits per heavy atom. The fourth-order valence-corrected chi connectivity index (χ4v) is 2.27. The summed E-state index contributed by atoms with van der Waals surface area (Å²) in [6.07, 6.45) is 0. The van der Waals surface area contributed by atoms with E-state index < -0.39 is 0 Å². The quantitative estimate of drug-likeness (QED) is 0.841. The molecule has 1 N–H and O–H groups in total. The summed E-state index contributed by atoms with van der Waals surface area (Å²) in [5.74, 6) is 0.617. The Balaban J connectivity index is 2.02. The standard InChI is InChI=1S/C18H23N3OS/c1-5-21(4)18(23)20-16-10-11-17(19-14(16)3)22-12-15-9-7-6-8-13(15)2/h6-11H,5,12H2,1-4H3,(H,20,23). The molecule has 4 nitrogen and oxygen atoms in total. The van der Waals surface area contributed by atoms with Crippen molar-refractivity contribution < 1.29 is 4.74 Å². The van der Waals surface area contributed by atoms with Crippen molar-refractivity contribution in [3.63, 3.8) is 0 Å². The van der Waals surface area contributed by atoms with Crippen molar-refractivity contribution in [3.05, 3.63) is 53.2 Å². The number of nitrogens with zero attached hydrogens (tertiary/aromatic N) is 2. The Bertz CT molecular complexity index is 688. The van der Waals surface area contributed by atoms with Gasteiger partial charge < -0.3 is 15.0 Å². The molecule has 1 aromatic carbocycles. The van der Waals surface area contributed by atoms with Gasteiger partial charge in [-0.15, -0.1) is 0 Å². The minimum atomic E-state index is 0.517. The summed E-state index contributed by atoms with van der Waals surface area (Å²) in [5.41, 5.74) is 4.15. The number of ether oxygens (including phenoxy) is 1. The first-order chi connectivity index (χ1) is 11.0. The number of thiocarbonyl (C=S) groups is 1. The van der Waals surface area contributed by atoms with Crippen LogP contribution in [0.4, 0.5) is 5.69 Å². The number of pyridine rings is 1. The molecule has 5 heteroatoms. The zero-order valence-corrected chi connectivity index (χ0v) is 14.9. The predicted octanol–water partition coefficient (Wildman–Crippen LogP) is 3.93. The Morgan fingerprint density at radius 1 is 1.22 bits per heavy atom. The highest BCUT2D eigenvalue weighted by atomic mass is 32.1. The highest BCUT2D eigenvalue weighted by Gasteiger charge is 2.07. The normalized spacial score (nSPS) is 10.3. The molecule has 1 aromatic heterocycles. The van der Waals surface area contributed by atoms with Crippen LogP contribution in [0.1, 0.15) is 23.7 Å². The van der Waals surface area contributed by atoms with E-state index in [0.29, 0.717) is 17.6 Å². The van der Waals surface area contributed by atoms with Gasteiger partial charge in [0.1, 0.15) is 6.61 Å². The highest BCUT2D eigenvalue weighted by molar-refractivity contribution is 7.80. The molecule has 0 aliphatic heterocycles. The molecule has 0 unspecified atom stereocenters. The summed E-state index contributed by atoms with van der Waals surface area (Å²) in [5, 5.41) is 3.90. The molecule has 0 atom stereocenters. The molecule has 0 aliphatic rings. The molecule has 23 heavy (non-hydrogen) atoms. The average Bonchev–Trinajstić information content (AvgIpc) is 2.55. The van der Waals surface area contributed by atoms with E-state index in [4.69, 9.17) is 17.0 Å². The number of aryl methyl sites for hydroxylation is 2. The van der Waals surface area contributed by atoms with E-state index in [1.807, 2.05) is 43.1 Å². The minimum Gasteiger partial charge on any atom is -0.473 e. The third-order valence-electron chi connectivity index (χ3n) is 3.76. The highest BCUT2D eigenvalue weighted by Crippen LogP contribution is 2.19. The zero-order chi connectivity index (χ0) is 16.8. The van der Waals surface area contributed by atoms with Crippen molar-refractivity contribution in [2.24, 2.45) is 0 Å². The van der Waals surface area contributed by atoms with Crippen LogP contribution < -0.4 is 10.1 Å². The fraction of sp³-hybridized carbons (Fsp3) is 0.333. The number of nitrogens with one attached hydrogen (secondary N) is 1. The summed E-state index contributed by atoms with van der Waals surface area (Å²) in [6, 6.07) is 12.0. The lowest BCUT2D eigenvalue weighted by atomic mass is 10.1. The van der Waals surface area contributed by atoms with Crippen molar-refractivity contribution in [1.82, 2.24) is 9.88 Å². The Labute approximate surface area is 143 Å². The fourth-order valence-electron chi connectivity index (χ4n) is 2.03. The monoisotopic (exact) mass is 329 g/mol. The lowest BCUT2D eigenvalue weighted by molar-refractivity contribution is 0.292. The Morgan fingerprint density at radius 3 is 2.61 bits per heavy atom. The molecule has 0 bridgehead atoms. The largest absolute Gasteiger partial charge is 0.473 e. The zero-order valence-electron chi connectivity index (χ0n) is 14.1. The van der Waals surface area contributed by atoms with Crippen LogP contribution in [-0.4, -0.2) is 28.6 Å². The Kier molecular flexibility index (Phi) is 5.93. The maximum atomic E-state index is 5.80. The summed E-state index contributed by atoms with van der Waals surface area (Å²) in [6.45, 7) is 7.45. The van der Waals surface area contributed by atoms with Crippen molar-refractivity contribution in [1.29, 1.82) is 0 Å². The van der Waals surface area contributed by atoms with Gasteiger partial charge in [-0.25, -0.2) is 4.98 Å². The van der Waals surface area contributed by atoms with Crippen LogP contribution >= 0.6 is 12.2 Å². The number of anilines is 1. The van der Waals surface area contributed by atoms with Crippen molar-refractivity contribution in [2.75, 3.05) is 18.9 Å². The number of rotatable bonds is 5. The molecule has 0 aliphatic carbocycles. The second-order valence-corrected chi connectivity index (χ2v) is 5.83. The molecule has 0 amide bonds. The topological polar surface area (TPSA) is 37.4 Å². The molecular weight excluding hydrogens is 306 g/mol. The van der Waals surface area contributed by atoms with Gasteiger partial charge in [-0.05, 0) is 50.2 Å². The number of benzene rings is 1. The van der Waals surface area contributed by atoms with Gasteiger partial charge in [0.15, 0.2) is 5.11 Å². The molecule has 0 spiro atoms. The smallest absolute Gasteiger partial charge is 0.213 e. The second kappa shape index (κ2) is 7.92. The van der Waals surface area contributed by atoms with Gasteiger partial charge in [-0.3, -0.25) is 0 Å². The van der Waals surface area contributed by atoms with Gasteiger partial charge in [0, 0.05) is 19.7 Å². The molecule has 0 radical (unpaired) electrons. The van der Waals surface area contributed by atoms with E-state index in [0.717, 1.165) is 17.9 Å². The summed E-state index contributed by atoms with van der Waals surface area (Å²) in [7, 11) is 1.96. The van der Waals surface area contributed by atoms with Crippen molar-refractivity contribution in [3.8, 4) is 5.88 Å². The third-order valence-corrected chi connectivity index (χ3v) is 4.17. The van der Waals surface area contributed by atoms with Crippen LogP contribution in [0, 0.1) is 13.8 Å². The van der Waals surface area contributed by atoms with Gasteiger partial charge >= 0.3 is 0 Å².